The molecule has 2 amide bonds. The summed E-state index contributed by atoms with van der Waals surface area (Å²) in [6, 6.07) is 0.0513. The second-order valence-corrected chi connectivity index (χ2v) is 10.6. The van der Waals surface area contributed by atoms with E-state index in [-0.39, 0.29) is 41.7 Å². The molecule has 29 heavy (non-hydrogen) atoms. The van der Waals surface area contributed by atoms with Crippen LogP contribution in [0.4, 0.5) is 5.13 Å². The highest BCUT2D eigenvalue weighted by atomic mass is 32.1. The zero-order valence-electron chi connectivity index (χ0n) is 17.9. The van der Waals surface area contributed by atoms with Crippen LogP contribution in [0.3, 0.4) is 0 Å². The number of aromatic nitrogens is 1. The molecule has 0 unspecified atom stereocenters. The van der Waals surface area contributed by atoms with E-state index in [9.17, 15) is 19.8 Å². The van der Waals surface area contributed by atoms with Crippen molar-refractivity contribution in [1.82, 2.24) is 10.3 Å². The summed E-state index contributed by atoms with van der Waals surface area (Å²) in [6.45, 7) is 9.34. The molecule has 8 heteroatoms. The second-order valence-electron chi connectivity index (χ2n) is 9.47. The third kappa shape index (κ3) is 3.94. The van der Waals surface area contributed by atoms with Crippen molar-refractivity contribution in [3.63, 3.8) is 0 Å². The number of nitrogens with one attached hydrogen (secondary N) is 2. The van der Waals surface area contributed by atoms with Gasteiger partial charge in [-0.1, -0.05) is 13.8 Å². The number of hydrogen-bond acceptors (Lipinski definition) is 6. The van der Waals surface area contributed by atoms with Gasteiger partial charge in [0.05, 0.1) is 18.4 Å². The van der Waals surface area contributed by atoms with Gasteiger partial charge in [-0.25, -0.2) is 4.98 Å². The van der Waals surface area contributed by atoms with Gasteiger partial charge in [0, 0.05) is 35.6 Å². The summed E-state index contributed by atoms with van der Waals surface area (Å²) in [5, 5.41) is 27.3. The van der Waals surface area contributed by atoms with E-state index in [0.29, 0.717) is 24.4 Å². The molecule has 162 valence electrons. The predicted molar refractivity (Wildman–Crippen MR) is 113 cm³/mol. The molecule has 1 aromatic rings. The summed E-state index contributed by atoms with van der Waals surface area (Å²) in [7, 11) is 0. The van der Waals surface area contributed by atoms with E-state index in [1.165, 1.54) is 18.3 Å². The Balaban J connectivity index is 2.06. The lowest BCUT2D eigenvalue weighted by Gasteiger charge is -2.58. The summed E-state index contributed by atoms with van der Waals surface area (Å²) >= 11 is 1.44. The van der Waals surface area contributed by atoms with E-state index in [1.54, 1.807) is 0 Å². The van der Waals surface area contributed by atoms with E-state index < -0.39 is 11.5 Å². The van der Waals surface area contributed by atoms with Gasteiger partial charge in [0.15, 0.2) is 5.13 Å². The molecule has 0 saturated heterocycles. The van der Waals surface area contributed by atoms with Gasteiger partial charge < -0.3 is 20.8 Å². The number of aliphatic hydroxyl groups is 2. The van der Waals surface area contributed by atoms with Gasteiger partial charge in [-0.2, -0.15) is 0 Å². The summed E-state index contributed by atoms with van der Waals surface area (Å²) < 4.78 is 0. The summed E-state index contributed by atoms with van der Waals surface area (Å²) in [5.41, 5.74) is -0.0389. The largest absolute Gasteiger partial charge is 0.396 e. The lowest BCUT2D eigenvalue weighted by molar-refractivity contribution is -0.144. The Kier molecular flexibility index (Phi) is 6.09. The molecule has 2 aliphatic carbocycles. The fourth-order valence-corrected chi connectivity index (χ4v) is 6.53. The molecule has 1 heterocycles. The van der Waals surface area contributed by atoms with Gasteiger partial charge in [0.1, 0.15) is 0 Å². The van der Waals surface area contributed by atoms with Crippen LogP contribution in [0.5, 0.6) is 0 Å². The van der Waals surface area contributed by atoms with Gasteiger partial charge in [0.25, 0.3) is 0 Å². The SMILES string of the molecule is CC(=O)Nc1nc2c(s1)C[C@@H]1[C@](C)(CO)[C@H](O)CC[C@@]1(C)[C@@H]2CC(=O)NC(C)C. The van der Waals surface area contributed by atoms with Crippen molar-refractivity contribution < 1.29 is 19.8 Å². The number of fused-ring (bicyclic) bond motifs is 2. The van der Waals surface area contributed by atoms with Crippen LogP contribution >= 0.6 is 11.3 Å². The number of anilines is 1. The predicted octanol–water partition coefficient (Wildman–Crippen LogP) is 2.43. The van der Waals surface area contributed by atoms with Gasteiger partial charge in [-0.05, 0) is 44.4 Å². The molecule has 5 atom stereocenters. The van der Waals surface area contributed by atoms with E-state index in [0.717, 1.165) is 17.0 Å². The van der Waals surface area contributed by atoms with Crippen molar-refractivity contribution >= 4 is 28.3 Å². The van der Waals surface area contributed by atoms with Crippen molar-refractivity contribution in [3.8, 4) is 0 Å². The average molecular weight is 424 g/mol. The highest BCUT2D eigenvalue weighted by Crippen LogP contribution is 2.62. The quantitative estimate of drug-likeness (QED) is 0.581. The second kappa shape index (κ2) is 7.96. The first-order valence-corrected chi connectivity index (χ1v) is 11.2. The number of carbonyl (C=O) groups is 2. The lowest BCUT2D eigenvalue weighted by Crippen LogP contribution is -2.57. The number of thiazole rings is 1. The van der Waals surface area contributed by atoms with Crippen molar-refractivity contribution in [2.75, 3.05) is 11.9 Å². The Morgan fingerprint density at radius 1 is 1.34 bits per heavy atom. The highest BCUT2D eigenvalue weighted by Gasteiger charge is 2.59. The smallest absolute Gasteiger partial charge is 0.223 e. The summed E-state index contributed by atoms with van der Waals surface area (Å²) in [4.78, 5) is 30.0. The van der Waals surface area contributed by atoms with Gasteiger partial charge >= 0.3 is 0 Å². The van der Waals surface area contributed by atoms with Gasteiger partial charge in [-0.15, -0.1) is 11.3 Å². The van der Waals surface area contributed by atoms with Crippen LogP contribution in [0.25, 0.3) is 0 Å². The van der Waals surface area contributed by atoms with Crippen LogP contribution in [0.15, 0.2) is 0 Å². The number of carbonyl (C=O) groups excluding carboxylic acids is 2. The lowest BCUT2D eigenvalue weighted by atomic mass is 9.47. The number of aliphatic hydroxyl groups excluding tert-OH is 2. The minimum Gasteiger partial charge on any atom is -0.396 e. The average Bonchev–Trinajstić information content (AvgIpc) is 3.01. The molecule has 1 saturated carbocycles. The molecule has 1 aromatic heterocycles. The Morgan fingerprint density at radius 2 is 2.03 bits per heavy atom. The maximum atomic E-state index is 12.7. The maximum Gasteiger partial charge on any atom is 0.223 e. The van der Waals surface area contributed by atoms with E-state index in [4.69, 9.17) is 4.98 Å². The molecule has 7 nitrogen and oxygen atoms in total. The van der Waals surface area contributed by atoms with Gasteiger partial charge in [0.2, 0.25) is 11.8 Å². The van der Waals surface area contributed by atoms with Crippen LogP contribution < -0.4 is 10.6 Å². The standard InChI is InChI=1S/C21H33N3O4S/c1-11(2)22-17(28)8-13-18-14(29-19(24-18)23-12(3)26)9-15-20(13,4)7-6-16(27)21(15,5)10-25/h11,13,15-16,25,27H,6-10H2,1-5H3,(H,22,28)(H,23,24,26)/t13-,15+,16-,20+,21+/m1/s1. The molecular weight excluding hydrogens is 390 g/mol. The molecule has 3 rings (SSSR count). The summed E-state index contributed by atoms with van der Waals surface area (Å²) in [6.07, 6.45) is 1.75. The van der Waals surface area contributed by atoms with Crippen LogP contribution in [0.2, 0.25) is 0 Å². The molecule has 0 bridgehead atoms. The first kappa shape index (κ1) is 22.2. The third-order valence-corrected chi connectivity index (χ3v) is 8.02. The van der Waals surface area contributed by atoms with Gasteiger partial charge in [-0.3, -0.25) is 9.59 Å². The van der Waals surface area contributed by atoms with Crippen molar-refractivity contribution in [3.05, 3.63) is 10.6 Å². The number of amides is 2. The number of rotatable bonds is 5. The Hall–Kier alpha value is -1.51. The summed E-state index contributed by atoms with van der Waals surface area (Å²) in [5.74, 6) is -0.320. The minimum absolute atomic E-state index is 0.0127. The zero-order chi connectivity index (χ0) is 21.6. The normalized spacial score (nSPS) is 33.7. The monoisotopic (exact) mass is 423 g/mol. The topological polar surface area (TPSA) is 112 Å². The van der Waals surface area contributed by atoms with Crippen LogP contribution in [0.1, 0.15) is 70.4 Å². The fourth-order valence-electron chi connectivity index (χ4n) is 5.42. The molecule has 0 aliphatic heterocycles. The van der Waals surface area contributed by atoms with Crippen molar-refractivity contribution in [2.45, 2.75) is 78.4 Å². The molecule has 4 N–H and O–H groups in total. The van der Waals surface area contributed by atoms with E-state index in [2.05, 4.69) is 17.6 Å². The van der Waals surface area contributed by atoms with Crippen LogP contribution in [-0.2, 0) is 16.0 Å². The molecule has 1 fully saturated rings. The molecule has 0 aromatic carbocycles. The van der Waals surface area contributed by atoms with E-state index >= 15 is 0 Å². The first-order chi connectivity index (χ1) is 13.5. The fraction of sp³-hybridized carbons (Fsp3) is 0.762. The van der Waals surface area contributed by atoms with Crippen molar-refractivity contribution in [1.29, 1.82) is 0 Å². The molecular formula is C21H33N3O4S. The molecule has 0 radical (unpaired) electrons. The minimum atomic E-state index is -0.643. The van der Waals surface area contributed by atoms with E-state index in [1.807, 2.05) is 20.8 Å². The third-order valence-electron chi connectivity index (χ3n) is 7.02. The number of hydrogen-bond donors (Lipinski definition) is 4. The number of nitrogens with zero attached hydrogens (tertiary/aromatic N) is 1. The first-order valence-electron chi connectivity index (χ1n) is 10.4. The van der Waals surface area contributed by atoms with Crippen LogP contribution in [-0.4, -0.2) is 45.8 Å². The Morgan fingerprint density at radius 3 is 2.62 bits per heavy atom. The van der Waals surface area contributed by atoms with Crippen molar-refractivity contribution in [2.24, 2.45) is 16.7 Å². The highest BCUT2D eigenvalue weighted by molar-refractivity contribution is 7.15. The zero-order valence-corrected chi connectivity index (χ0v) is 18.7. The molecule has 0 spiro atoms. The van der Waals surface area contributed by atoms with Crippen LogP contribution in [0, 0.1) is 16.7 Å². The maximum absolute atomic E-state index is 12.7. The Labute approximate surface area is 176 Å². The Bertz CT molecular complexity index is 795. The molecule has 2 aliphatic rings.